The summed E-state index contributed by atoms with van der Waals surface area (Å²) in [7, 11) is 0. The molecule has 1 aromatic carbocycles. The molecule has 2 aliphatic heterocycles. The molecule has 0 aliphatic carbocycles. The zero-order chi connectivity index (χ0) is 17.3. The first kappa shape index (κ1) is 16.3. The molecule has 0 saturated carbocycles. The van der Waals surface area contributed by atoms with Crippen LogP contribution in [-0.2, 0) is 14.4 Å². The number of hydrogen-bond acceptors (Lipinski definition) is 4. The third kappa shape index (κ3) is 3.34. The lowest BCUT2D eigenvalue weighted by Crippen LogP contribution is -2.40. The van der Waals surface area contributed by atoms with Gasteiger partial charge in [-0.2, -0.15) is 0 Å². The molecule has 128 valence electrons. The first-order chi connectivity index (χ1) is 11.4. The van der Waals surface area contributed by atoms with E-state index in [-0.39, 0.29) is 23.6 Å². The molecule has 2 heterocycles. The molecule has 1 saturated heterocycles. The summed E-state index contributed by atoms with van der Waals surface area (Å²) < 4.78 is 5.49. The smallest absolute Gasteiger partial charge is 0.265 e. The van der Waals surface area contributed by atoms with Crippen molar-refractivity contribution in [2.75, 3.05) is 23.7 Å². The average Bonchev–Trinajstić information content (AvgIpc) is 2.56. The lowest BCUT2D eigenvalue weighted by Gasteiger charge is -2.30. The molecule has 0 radical (unpaired) electrons. The van der Waals surface area contributed by atoms with Crippen LogP contribution in [0, 0.1) is 5.92 Å². The Kier molecular flexibility index (Phi) is 4.42. The first-order valence-electron chi connectivity index (χ1n) is 8.12. The molecule has 0 bridgehead atoms. The van der Waals surface area contributed by atoms with Crippen molar-refractivity contribution < 1.29 is 19.1 Å². The summed E-state index contributed by atoms with van der Waals surface area (Å²) in [5, 5.41) is 5.64. The van der Waals surface area contributed by atoms with Crippen molar-refractivity contribution in [3.63, 3.8) is 0 Å². The second-order valence-corrected chi connectivity index (χ2v) is 6.23. The summed E-state index contributed by atoms with van der Waals surface area (Å²) in [5.74, 6) is 0.267. The third-order valence-electron chi connectivity index (χ3n) is 4.49. The number of carbonyl (C=O) groups excluding carboxylic acids is 3. The standard InChI is InChI=1S/C17H21N3O4/c1-10-16(22)19-14-9-13(3-4-15(14)24-10)18-17(23)12-5-7-20(8-6-12)11(2)21/h3-4,9-10,12H,5-8H2,1-2H3,(H,18,23)(H,19,22). The van der Waals surface area contributed by atoms with E-state index < -0.39 is 6.10 Å². The van der Waals surface area contributed by atoms with E-state index in [1.54, 1.807) is 36.9 Å². The number of anilines is 2. The summed E-state index contributed by atoms with van der Waals surface area (Å²) >= 11 is 0. The number of ether oxygens (including phenoxy) is 1. The topological polar surface area (TPSA) is 87.7 Å². The van der Waals surface area contributed by atoms with Crippen LogP contribution >= 0.6 is 0 Å². The Morgan fingerprint density at radius 2 is 2.00 bits per heavy atom. The van der Waals surface area contributed by atoms with Crippen molar-refractivity contribution in [2.45, 2.75) is 32.8 Å². The zero-order valence-electron chi connectivity index (χ0n) is 13.8. The van der Waals surface area contributed by atoms with Gasteiger partial charge in [-0.3, -0.25) is 14.4 Å². The lowest BCUT2D eigenvalue weighted by atomic mass is 9.96. The third-order valence-corrected chi connectivity index (χ3v) is 4.49. The van der Waals surface area contributed by atoms with Gasteiger partial charge in [-0.1, -0.05) is 0 Å². The molecule has 0 spiro atoms. The Morgan fingerprint density at radius 3 is 2.67 bits per heavy atom. The monoisotopic (exact) mass is 331 g/mol. The molecule has 2 aliphatic rings. The molecule has 3 rings (SSSR count). The number of nitrogens with one attached hydrogen (secondary N) is 2. The Labute approximate surface area is 140 Å². The summed E-state index contributed by atoms with van der Waals surface area (Å²) in [5.41, 5.74) is 1.17. The zero-order valence-corrected chi connectivity index (χ0v) is 13.8. The van der Waals surface area contributed by atoms with Gasteiger partial charge in [0.05, 0.1) is 5.69 Å². The predicted molar refractivity (Wildman–Crippen MR) is 88.8 cm³/mol. The Bertz CT molecular complexity index is 680. The number of piperidine rings is 1. The van der Waals surface area contributed by atoms with Gasteiger partial charge in [0.15, 0.2) is 6.10 Å². The van der Waals surface area contributed by atoms with Crippen molar-refractivity contribution in [1.82, 2.24) is 4.90 Å². The molecule has 24 heavy (non-hydrogen) atoms. The Balaban J connectivity index is 1.62. The minimum atomic E-state index is -0.524. The number of rotatable bonds is 2. The van der Waals surface area contributed by atoms with E-state index in [1.165, 1.54) is 0 Å². The highest BCUT2D eigenvalue weighted by atomic mass is 16.5. The van der Waals surface area contributed by atoms with Gasteiger partial charge < -0.3 is 20.3 Å². The van der Waals surface area contributed by atoms with Crippen LogP contribution in [0.2, 0.25) is 0 Å². The number of fused-ring (bicyclic) bond motifs is 1. The molecular weight excluding hydrogens is 310 g/mol. The number of amides is 3. The molecule has 1 unspecified atom stereocenters. The number of benzene rings is 1. The Morgan fingerprint density at radius 1 is 1.29 bits per heavy atom. The van der Waals surface area contributed by atoms with Crippen molar-refractivity contribution in [3.05, 3.63) is 18.2 Å². The number of nitrogens with zero attached hydrogens (tertiary/aromatic N) is 1. The van der Waals surface area contributed by atoms with Gasteiger partial charge in [-0.05, 0) is 38.0 Å². The second-order valence-electron chi connectivity index (χ2n) is 6.23. The molecule has 1 aromatic rings. The van der Waals surface area contributed by atoms with E-state index in [9.17, 15) is 14.4 Å². The maximum atomic E-state index is 12.4. The van der Waals surface area contributed by atoms with Crippen LogP contribution in [0.15, 0.2) is 18.2 Å². The van der Waals surface area contributed by atoms with Crippen molar-refractivity contribution in [1.29, 1.82) is 0 Å². The normalized spacial score (nSPS) is 20.7. The van der Waals surface area contributed by atoms with Gasteiger partial charge in [0.25, 0.3) is 5.91 Å². The summed E-state index contributed by atoms with van der Waals surface area (Å²) in [6, 6.07) is 5.19. The average molecular weight is 331 g/mol. The first-order valence-corrected chi connectivity index (χ1v) is 8.12. The van der Waals surface area contributed by atoms with E-state index in [1.807, 2.05) is 0 Å². The highest BCUT2D eigenvalue weighted by Gasteiger charge is 2.27. The molecule has 7 heteroatoms. The maximum Gasteiger partial charge on any atom is 0.265 e. The highest BCUT2D eigenvalue weighted by molar-refractivity contribution is 5.99. The van der Waals surface area contributed by atoms with Crippen LogP contribution in [0.3, 0.4) is 0 Å². The van der Waals surface area contributed by atoms with Gasteiger partial charge in [0.1, 0.15) is 5.75 Å². The van der Waals surface area contributed by atoms with Gasteiger partial charge in [0, 0.05) is 31.6 Å². The molecule has 7 nitrogen and oxygen atoms in total. The summed E-state index contributed by atoms with van der Waals surface area (Å²) in [4.78, 5) is 37.2. The quantitative estimate of drug-likeness (QED) is 0.862. The number of hydrogen-bond donors (Lipinski definition) is 2. The van der Waals surface area contributed by atoms with E-state index in [0.717, 1.165) is 0 Å². The minimum Gasteiger partial charge on any atom is -0.479 e. The summed E-state index contributed by atoms with van der Waals surface area (Å²) in [6.07, 6.45) is 0.797. The van der Waals surface area contributed by atoms with Crippen LogP contribution < -0.4 is 15.4 Å². The van der Waals surface area contributed by atoms with E-state index in [0.29, 0.717) is 43.1 Å². The lowest BCUT2D eigenvalue weighted by molar-refractivity contribution is -0.132. The van der Waals surface area contributed by atoms with Crippen LogP contribution in [-0.4, -0.2) is 41.8 Å². The Hall–Kier alpha value is -2.57. The minimum absolute atomic E-state index is 0.0496. The van der Waals surface area contributed by atoms with Gasteiger partial charge >= 0.3 is 0 Å². The van der Waals surface area contributed by atoms with E-state index in [4.69, 9.17) is 4.74 Å². The van der Waals surface area contributed by atoms with E-state index in [2.05, 4.69) is 10.6 Å². The van der Waals surface area contributed by atoms with Gasteiger partial charge in [0.2, 0.25) is 11.8 Å². The van der Waals surface area contributed by atoms with Gasteiger partial charge in [-0.15, -0.1) is 0 Å². The highest BCUT2D eigenvalue weighted by Crippen LogP contribution is 2.32. The molecule has 1 atom stereocenters. The number of likely N-dealkylation sites (tertiary alicyclic amines) is 1. The number of carbonyl (C=O) groups is 3. The van der Waals surface area contributed by atoms with Gasteiger partial charge in [-0.25, -0.2) is 0 Å². The maximum absolute atomic E-state index is 12.4. The van der Waals surface area contributed by atoms with Crippen LogP contribution in [0.25, 0.3) is 0 Å². The molecule has 1 fully saturated rings. The fourth-order valence-electron chi connectivity index (χ4n) is 2.99. The molecular formula is C17H21N3O4. The van der Waals surface area contributed by atoms with Crippen LogP contribution in [0.1, 0.15) is 26.7 Å². The second kappa shape index (κ2) is 6.51. The largest absolute Gasteiger partial charge is 0.479 e. The molecule has 0 aromatic heterocycles. The fourth-order valence-corrected chi connectivity index (χ4v) is 2.99. The molecule has 2 N–H and O–H groups in total. The van der Waals surface area contributed by atoms with Crippen LogP contribution in [0.4, 0.5) is 11.4 Å². The van der Waals surface area contributed by atoms with Crippen molar-refractivity contribution in [3.8, 4) is 5.75 Å². The van der Waals surface area contributed by atoms with E-state index >= 15 is 0 Å². The SMILES string of the molecule is CC(=O)N1CCC(C(=O)Nc2ccc3c(c2)NC(=O)C(C)O3)CC1. The van der Waals surface area contributed by atoms with Crippen molar-refractivity contribution in [2.24, 2.45) is 5.92 Å². The fraction of sp³-hybridized carbons (Fsp3) is 0.471. The molecule has 3 amide bonds. The summed E-state index contributed by atoms with van der Waals surface area (Å²) in [6.45, 7) is 4.45. The predicted octanol–water partition coefficient (Wildman–Crippen LogP) is 1.60. The van der Waals surface area contributed by atoms with Crippen molar-refractivity contribution >= 4 is 29.1 Å². The van der Waals surface area contributed by atoms with Crippen LogP contribution in [0.5, 0.6) is 5.75 Å².